The fourth-order valence-corrected chi connectivity index (χ4v) is 5.05. The number of rotatable bonds is 2. The molecule has 0 fully saturated rings. The van der Waals surface area contributed by atoms with Gasteiger partial charge in [-0.15, -0.1) is 0 Å². The molecule has 0 aliphatic rings. The molecule has 1 heteroatoms. The SMILES string of the molecule is CC(C)=C(C)[CH2][Ge]([CH3])([CH3])[CH3]. The number of allylic oxidation sites excluding steroid dienone is 2. The van der Waals surface area contributed by atoms with E-state index < -0.39 is 13.3 Å². The van der Waals surface area contributed by atoms with E-state index in [0.717, 1.165) is 0 Å². The Morgan fingerprint density at radius 2 is 1.40 bits per heavy atom. The van der Waals surface area contributed by atoms with Crippen molar-refractivity contribution in [1.82, 2.24) is 0 Å². The van der Waals surface area contributed by atoms with Gasteiger partial charge in [-0.2, -0.15) is 0 Å². The monoisotopic (exact) mass is 202 g/mol. The van der Waals surface area contributed by atoms with Gasteiger partial charge in [0.25, 0.3) is 0 Å². The van der Waals surface area contributed by atoms with Crippen LogP contribution in [0.15, 0.2) is 11.1 Å². The fourth-order valence-electron chi connectivity index (χ4n) is 0.972. The van der Waals surface area contributed by atoms with Crippen molar-refractivity contribution in [3.8, 4) is 0 Å². The molecule has 0 saturated carbocycles. The van der Waals surface area contributed by atoms with Crippen molar-refractivity contribution in [2.75, 3.05) is 0 Å². The Hall–Kier alpha value is 0.283. The molecule has 0 bridgehead atoms. The summed E-state index contributed by atoms with van der Waals surface area (Å²) in [6.45, 7) is 6.69. The van der Waals surface area contributed by atoms with Gasteiger partial charge >= 0.3 is 67.7 Å². The quantitative estimate of drug-likeness (QED) is 0.472. The van der Waals surface area contributed by atoms with E-state index >= 15 is 0 Å². The minimum absolute atomic E-state index is 1.29. The zero-order chi connectivity index (χ0) is 8.36. The second-order valence-corrected chi connectivity index (χ2v) is 16.0. The van der Waals surface area contributed by atoms with Crippen molar-refractivity contribution in [1.29, 1.82) is 0 Å². The first kappa shape index (κ1) is 10.3. The summed E-state index contributed by atoms with van der Waals surface area (Å²) in [7, 11) is 0. The molecule has 0 unspecified atom stereocenters. The third kappa shape index (κ3) is 5.10. The van der Waals surface area contributed by atoms with Crippen molar-refractivity contribution in [2.45, 2.75) is 43.3 Å². The molecule has 10 heavy (non-hydrogen) atoms. The van der Waals surface area contributed by atoms with Crippen LogP contribution >= 0.6 is 0 Å². The van der Waals surface area contributed by atoms with Crippen LogP contribution in [0.25, 0.3) is 0 Å². The predicted octanol–water partition coefficient (Wildman–Crippen LogP) is 3.68. The predicted molar refractivity (Wildman–Crippen MR) is 52.2 cm³/mol. The summed E-state index contributed by atoms with van der Waals surface area (Å²) < 4.78 is 0. The van der Waals surface area contributed by atoms with E-state index in [1.54, 1.807) is 5.57 Å². The van der Waals surface area contributed by atoms with E-state index in [1.807, 2.05) is 0 Å². The summed E-state index contributed by atoms with van der Waals surface area (Å²) in [5.41, 5.74) is 3.13. The maximum absolute atomic E-state index is 2.46. The Kier molecular flexibility index (Phi) is 3.71. The van der Waals surface area contributed by atoms with Gasteiger partial charge in [0.1, 0.15) is 0 Å². The Balaban J connectivity index is 4.06. The summed E-state index contributed by atoms with van der Waals surface area (Å²) in [6.07, 6.45) is 0. The van der Waals surface area contributed by atoms with Crippen LogP contribution in [0.2, 0.25) is 22.5 Å². The van der Waals surface area contributed by atoms with E-state index in [9.17, 15) is 0 Å². The summed E-state index contributed by atoms with van der Waals surface area (Å²) in [6, 6.07) is 0. The van der Waals surface area contributed by atoms with Crippen molar-refractivity contribution in [3.63, 3.8) is 0 Å². The molecule has 0 amide bonds. The maximum atomic E-state index is 2.46. The summed E-state index contributed by atoms with van der Waals surface area (Å²) in [5, 5.41) is 1.41. The Labute approximate surface area is 68.1 Å². The molecule has 0 N–H and O–H groups in total. The molecule has 60 valence electrons. The summed E-state index contributed by atoms with van der Waals surface area (Å²) in [5.74, 6) is 7.39. The van der Waals surface area contributed by atoms with Crippen LogP contribution in [0.3, 0.4) is 0 Å². The molecular formula is C9H20Ge. The van der Waals surface area contributed by atoms with Gasteiger partial charge < -0.3 is 0 Å². The van der Waals surface area contributed by atoms with E-state index in [4.69, 9.17) is 0 Å². The van der Waals surface area contributed by atoms with Gasteiger partial charge in [0.2, 0.25) is 0 Å². The molecule has 0 rings (SSSR count). The van der Waals surface area contributed by atoms with Gasteiger partial charge in [0.05, 0.1) is 0 Å². The van der Waals surface area contributed by atoms with E-state index in [-0.39, 0.29) is 0 Å². The third-order valence-corrected chi connectivity index (χ3v) is 4.99. The molecule has 0 radical (unpaired) electrons. The summed E-state index contributed by atoms with van der Waals surface area (Å²) >= 11 is -1.29. The zero-order valence-corrected chi connectivity index (χ0v) is 10.3. The van der Waals surface area contributed by atoms with Gasteiger partial charge in [-0.25, -0.2) is 0 Å². The first-order chi connectivity index (χ1) is 4.33. The molecule has 0 saturated heterocycles. The van der Waals surface area contributed by atoms with Crippen molar-refractivity contribution in [3.05, 3.63) is 11.1 Å². The van der Waals surface area contributed by atoms with Gasteiger partial charge in [-0.3, -0.25) is 0 Å². The second-order valence-electron chi connectivity index (χ2n) is 4.52. The van der Waals surface area contributed by atoms with Crippen molar-refractivity contribution in [2.24, 2.45) is 0 Å². The topological polar surface area (TPSA) is 0 Å². The molecule has 0 atom stereocenters. The molecule has 0 aromatic carbocycles. The molecule has 0 spiro atoms. The fraction of sp³-hybridized carbons (Fsp3) is 0.778. The standard InChI is InChI=1S/C9H20Ge/c1-8(2)9(3)7-10(4,5)6/h7H2,1-6H3. The van der Waals surface area contributed by atoms with Gasteiger partial charge in [0.15, 0.2) is 0 Å². The normalized spacial score (nSPS) is 11.4. The van der Waals surface area contributed by atoms with Crippen LogP contribution in [0.4, 0.5) is 0 Å². The first-order valence-corrected chi connectivity index (χ1v) is 11.7. The van der Waals surface area contributed by atoms with Crippen molar-refractivity contribution < 1.29 is 0 Å². The average molecular weight is 201 g/mol. The molecular weight excluding hydrogens is 181 g/mol. The molecule has 0 heterocycles. The number of hydrogen-bond acceptors (Lipinski definition) is 0. The van der Waals surface area contributed by atoms with Crippen LogP contribution in [0, 0.1) is 0 Å². The first-order valence-electron chi connectivity index (χ1n) is 3.96. The molecule has 0 aliphatic carbocycles. The Morgan fingerprint density at radius 3 is 1.50 bits per heavy atom. The third-order valence-electron chi connectivity index (χ3n) is 1.65. The molecule has 0 nitrogen and oxygen atoms in total. The van der Waals surface area contributed by atoms with Crippen LogP contribution in [0.1, 0.15) is 20.8 Å². The van der Waals surface area contributed by atoms with Crippen LogP contribution in [-0.4, -0.2) is 13.3 Å². The molecule has 0 aromatic rings. The molecule has 0 aliphatic heterocycles. The Bertz CT molecular complexity index is 133. The van der Waals surface area contributed by atoms with Crippen LogP contribution < -0.4 is 0 Å². The minimum atomic E-state index is -1.29. The number of hydrogen-bond donors (Lipinski definition) is 0. The van der Waals surface area contributed by atoms with Gasteiger partial charge in [-0.05, 0) is 0 Å². The van der Waals surface area contributed by atoms with Crippen LogP contribution in [-0.2, 0) is 0 Å². The summed E-state index contributed by atoms with van der Waals surface area (Å²) in [4.78, 5) is 0. The van der Waals surface area contributed by atoms with E-state index in [1.165, 1.54) is 10.8 Å². The second kappa shape index (κ2) is 3.61. The van der Waals surface area contributed by atoms with E-state index in [0.29, 0.717) is 0 Å². The molecule has 0 aromatic heterocycles. The average Bonchev–Trinajstić information content (AvgIpc) is 1.60. The zero-order valence-electron chi connectivity index (χ0n) is 8.21. The Morgan fingerprint density at radius 1 is 1.00 bits per heavy atom. The van der Waals surface area contributed by atoms with Gasteiger partial charge in [0, 0.05) is 0 Å². The van der Waals surface area contributed by atoms with Crippen LogP contribution in [0.5, 0.6) is 0 Å². The van der Waals surface area contributed by atoms with Gasteiger partial charge in [-0.1, -0.05) is 0 Å². The van der Waals surface area contributed by atoms with Crippen molar-refractivity contribution >= 4 is 13.3 Å². The van der Waals surface area contributed by atoms with E-state index in [2.05, 4.69) is 38.0 Å².